The molecule has 0 saturated heterocycles. The maximum Gasteiger partial charge on any atom is 0.255 e. The number of rotatable bonds is 8. The zero-order valence-electron chi connectivity index (χ0n) is 12.0. The van der Waals surface area contributed by atoms with E-state index in [4.69, 9.17) is 9.47 Å². The fourth-order valence-electron chi connectivity index (χ4n) is 1.86. The van der Waals surface area contributed by atoms with Crippen LogP contribution in [0, 0.1) is 0 Å². The monoisotopic (exact) mass is 289 g/mol. The van der Waals surface area contributed by atoms with E-state index in [9.17, 15) is 4.79 Å². The quantitative estimate of drug-likeness (QED) is 0.745. The van der Waals surface area contributed by atoms with E-state index in [1.165, 1.54) is 0 Å². The van der Waals surface area contributed by atoms with E-state index < -0.39 is 0 Å². The molecule has 112 valence electrons. The van der Waals surface area contributed by atoms with E-state index in [0.29, 0.717) is 31.1 Å². The van der Waals surface area contributed by atoms with Gasteiger partial charge in [-0.1, -0.05) is 12.1 Å². The molecular weight excluding hydrogens is 270 g/mol. The molecule has 0 saturated carbocycles. The minimum absolute atomic E-state index is 0.161. The van der Waals surface area contributed by atoms with Crippen LogP contribution in [0.1, 0.15) is 10.4 Å². The Hall–Kier alpha value is -2.34. The molecule has 21 heavy (non-hydrogen) atoms. The molecule has 0 bridgehead atoms. The second-order valence-electron chi connectivity index (χ2n) is 4.37. The van der Waals surface area contributed by atoms with Gasteiger partial charge in [0.1, 0.15) is 5.75 Å². The molecule has 0 aliphatic rings. The minimum atomic E-state index is -0.161. The third-order valence-corrected chi connectivity index (χ3v) is 2.94. The fourth-order valence-corrected chi connectivity index (χ4v) is 1.86. The van der Waals surface area contributed by atoms with Crippen LogP contribution in [0.3, 0.4) is 0 Å². The maximum atomic E-state index is 12.0. The number of hydrogen-bond donors (Lipinski definition) is 1. The SMILES string of the molecule is COc1ccccc1C(=O)NCCOCCn1ccnc1. The second kappa shape index (κ2) is 8.06. The highest BCUT2D eigenvalue weighted by Gasteiger charge is 2.10. The molecule has 0 aliphatic carbocycles. The lowest BCUT2D eigenvalue weighted by Gasteiger charge is -2.09. The van der Waals surface area contributed by atoms with Gasteiger partial charge in [0, 0.05) is 25.5 Å². The van der Waals surface area contributed by atoms with Gasteiger partial charge in [-0.3, -0.25) is 4.79 Å². The van der Waals surface area contributed by atoms with Crippen LogP contribution in [0.4, 0.5) is 0 Å². The molecule has 1 N–H and O–H groups in total. The van der Waals surface area contributed by atoms with E-state index in [1.54, 1.807) is 37.8 Å². The van der Waals surface area contributed by atoms with E-state index in [-0.39, 0.29) is 5.91 Å². The van der Waals surface area contributed by atoms with E-state index >= 15 is 0 Å². The van der Waals surface area contributed by atoms with Gasteiger partial charge >= 0.3 is 0 Å². The van der Waals surface area contributed by atoms with Crippen LogP contribution >= 0.6 is 0 Å². The van der Waals surface area contributed by atoms with Gasteiger partial charge in [0.25, 0.3) is 5.91 Å². The fraction of sp³-hybridized carbons (Fsp3) is 0.333. The predicted octanol–water partition coefficient (Wildman–Crippen LogP) is 1.34. The van der Waals surface area contributed by atoms with Crippen LogP contribution in [0.15, 0.2) is 43.0 Å². The number of imidazole rings is 1. The van der Waals surface area contributed by atoms with E-state index in [1.807, 2.05) is 16.8 Å². The summed E-state index contributed by atoms with van der Waals surface area (Å²) < 4.78 is 12.5. The van der Waals surface area contributed by atoms with Crippen molar-refractivity contribution in [3.05, 3.63) is 48.5 Å². The topological polar surface area (TPSA) is 65.4 Å². The van der Waals surface area contributed by atoms with Crippen LogP contribution in [0.25, 0.3) is 0 Å². The summed E-state index contributed by atoms with van der Waals surface area (Å²) in [6, 6.07) is 7.12. The van der Waals surface area contributed by atoms with Gasteiger partial charge in [0.05, 0.1) is 32.2 Å². The molecule has 0 radical (unpaired) electrons. The first-order chi connectivity index (χ1) is 10.3. The highest BCUT2D eigenvalue weighted by molar-refractivity contribution is 5.96. The predicted molar refractivity (Wildman–Crippen MR) is 78.4 cm³/mol. The molecule has 0 atom stereocenters. The van der Waals surface area contributed by atoms with Crippen molar-refractivity contribution >= 4 is 5.91 Å². The van der Waals surface area contributed by atoms with Crippen molar-refractivity contribution in [1.82, 2.24) is 14.9 Å². The molecule has 1 amide bonds. The molecule has 6 nitrogen and oxygen atoms in total. The summed E-state index contributed by atoms with van der Waals surface area (Å²) in [7, 11) is 1.55. The number of aromatic nitrogens is 2. The number of ether oxygens (including phenoxy) is 2. The average Bonchev–Trinajstić information content (AvgIpc) is 3.03. The molecule has 0 unspecified atom stereocenters. The van der Waals surface area contributed by atoms with Gasteiger partial charge in [-0.05, 0) is 12.1 Å². The number of hydrogen-bond acceptors (Lipinski definition) is 4. The number of methoxy groups -OCH3 is 1. The van der Waals surface area contributed by atoms with Crippen LogP contribution in [0.2, 0.25) is 0 Å². The second-order valence-corrected chi connectivity index (χ2v) is 4.37. The summed E-state index contributed by atoms with van der Waals surface area (Å²) in [4.78, 5) is 15.9. The summed E-state index contributed by atoms with van der Waals surface area (Å²) in [5.41, 5.74) is 0.526. The molecule has 0 spiro atoms. The van der Waals surface area contributed by atoms with E-state index in [2.05, 4.69) is 10.3 Å². The standard InChI is InChI=1S/C15H19N3O3/c1-20-14-5-3-2-4-13(14)15(19)17-7-10-21-11-9-18-8-6-16-12-18/h2-6,8,12H,7,9-11H2,1H3,(H,17,19). The number of amides is 1. The zero-order valence-corrected chi connectivity index (χ0v) is 12.0. The van der Waals surface area contributed by atoms with Gasteiger partial charge in [-0.25, -0.2) is 4.98 Å². The minimum Gasteiger partial charge on any atom is -0.496 e. The first-order valence-electron chi connectivity index (χ1n) is 6.76. The van der Waals surface area contributed by atoms with Gasteiger partial charge in [-0.15, -0.1) is 0 Å². The molecule has 6 heteroatoms. The Labute approximate surface area is 123 Å². The summed E-state index contributed by atoms with van der Waals surface area (Å²) in [6.07, 6.45) is 5.35. The Balaban J connectivity index is 1.65. The lowest BCUT2D eigenvalue weighted by atomic mass is 10.2. The Bertz CT molecular complexity index is 555. The summed E-state index contributed by atoms with van der Waals surface area (Å²) in [6.45, 7) is 2.26. The Morgan fingerprint density at radius 1 is 1.33 bits per heavy atom. The largest absolute Gasteiger partial charge is 0.496 e. The zero-order chi connectivity index (χ0) is 14.9. The summed E-state index contributed by atoms with van der Waals surface area (Å²) in [5, 5.41) is 2.80. The number of carbonyl (C=O) groups excluding carboxylic acids is 1. The van der Waals surface area contributed by atoms with Gasteiger partial charge in [-0.2, -0.15) is 0 Å². The highest BCUT2D eigenvalue weighted by atomic mass is 16.5. The summed E-state index contributed by atoms with van der Waals surface area (Å²) in [5.74, 6) is 0.404. The van der Waals surface area contributed by atoms with Crippen molar-refractivity contribution < 1.29 is 14.3 Å². The number of para-hydroxylation sites is 1. The first kappa shape index (κ1) is 15.1. The highest BCUT2D eigenvalue weighted by Crippen LogP contribution is 2.16. The van der Waals surface area contributed by atoms with Crippen molar-refractivity contribution in [2.45, 2.75) is 6.54 Å². The number of nitrogens with one attached hydrogen (secondary N) is 1. The van der Waals surface area contributed by atoms with Gasteiger partial charge in [0.2, 0.25) is 0 Å². The first-order valence-corrected chi connectivity index (χ1v) is 6.76. The van der Waals surface area contributed by atoms with Crippen LogP contribution in [-0.2, 0) is 11.3 Å². The third kappa shape index (κ3) is 4.61. The van der Waals surface area contributed by atoms with Crippen LogP contribution < -0.4 is 10.1 Å². The van der Waals surface area contributed by atoms with Crippen molar-refractivity contribution in [1.29, 1.82) is 0 Å². The average molecular weight is 289 g/mol. The smallest absolute Gasteiger partial charge is 0.255 e. The van der Waals surface area contributed by atoms with Gasteiger partial charge < -0.3 is 19.4 Å². The van der Waals surface area contributed by atoms with Gasteiger partial charge in [0.15, 0.2) is 0 Å². The third-order valence-electron chi connectivity index (χ3n) is 2.94. The van der Waals surface area contributed by atoms with Crippen LogP contribution in [-0.4, -0.2) is 42.3 Å². The molecule has 2 rings (SSSR count). The molecule has 2 aromatic rings. The van der Waals surface area contributed by atoms with Crippen molar-refractivity contribution in [3.8, 4) is 5.75 Å². The Kier molecular flexibility index (Phi) is 5.78. The van der Waals surface area contributed by atoms with Crippen molar-refractivity contribution in [2.75, 3.05) is 26.9 Å². The van der Waals surface area contributed by atoms with E-state index in [0.717, 1.165) is 6.54 Å². The van der Waals surface area contributed by atoms with Crippen molar-refractivity contribution in [2.24, 2.45) is 0 Å². The molecule has 1 aromatic carbocycles. The molecular formula is C15H19N3O3. The number of nitrogens with zero attached hydrogens (tertiary/aromatic N) is 2. The number of benzene rings is 1. The lowest BCUT2D eigenvalue weighted by molar-refractivity contribution is 0.0905. The normalized spacial score (nSPS) is 10.3. The van der Waals surface area contributed by atoms with Crippen molar-refractivity contribution in [3.63, 3.8) is 0 Å². The molecule has 1 aromatic heterocycles. The molecule has 1 heterocycles. The molecule has 0 aliphatic heterocycles. The lowest BCUT2D eigenvalue weighted by Crippen LogP contribution is -2.28. The maximum absolute atomic E-state index is 12.0. The summed E-state index contributed by atoms with van der Waals surface area (Å²) >= 11 is 0. The number of carbonyl (C=O) groups is 1. The van der Waals surface area contributed by atoms with Crippen LogP contribution in [0.5, 0.6) is 5.75 Å². The Morgan fingerprint density at radius 2 is 2.19 bits per heavy atom. The Morgan fingerprint density at radius 3 is 2.95 bits per heavy atom. The molecule has 0 fully saturated rings.